The molecule has 42 heavy (non-hydrogen) atoms. The summed E-state index contributed by atoms with van der Waals surface area (Å²) in [6, 6.07) is 21.7. The van der Waals surface area contributed by atoms with E-state index in [2.05, 4.69) is 11.0 Å². The van der Waals surface area contributed by atoms with Crippen LogP contribution >= 0.6 is 0 Å². The van der Waals surface area contributed by atoms with Gasteiger partial charge in [0.1, 0.15) is 30.5 Å². The van der Waals surface area contributed by atoms with Gasteiger partial charge in [-0.05, 0) is 65.8 Å². The van der Waals surface area contributed by atoms with Gasteiger partial charge in [0.05, 0.1) is 18.9 Å². The first-order valence-electron chi connectivity index (χ1n) is 14.7. The molecule has 0 unspecified atom stereocenters. The van der Waals surface area contributed by atoms with Crippen molar-refractivity contribution in [2.45, 2.75) is 32.2 Å². The fourth-order valence-electron chi connectivity index (χ4n) is 6.24. The van der Waals surface area contributed by atoms with Crippen LogP contribution in [0.15, 0.2) is 84.0 Å². The number of rotatable bonds is 9. The first-order valence-corrected chi connectivity index (χ1v) is 14.7. The number of ether oxygens (including phenoxy) is 5. The number of nitrogens with zero attached hydrogens (tertiary/aromatic N) is 1. The molecule has 3 heterocycles. The number of piperidine rings is 1. The van der Waals surface area contributed by atoms with E-state index in [1.54, 1.807) is 20.3 Å². The molecule has 3 aliphatic heterocycles. The van der Waals surface area contributed by atoms with Crippen molar-refractivity contribution in [3.05, 3.63) is 106 Å². The molecule has 220 valence electrons. The van der Waals surface area contributed by atoms with Gasteiger partial charge >= 0.3 is 0 Å². The fraction of sp³-hybridized carbons (Fsp3) is 0.371. The van der Waals surface area contributed by atoms with E-state index in [1.807, 2.05) is 60.7 Å². The highest BCUT2D eigenvalue weighted by atomic mass is 19.1. The van der Waals surface area contributed by atoms with Crippen LogP contribution in [0.2, 0.25) is 0 Å². The van der Waals surface area contributed by atoms with Crippen molar-refractivity contribution < 1.29 is 28.1 Å². The van der Waals surface area contributed by atoms with Crippen LogP contribution in [-0.4, -0.2) is 53.4 Å². The van der Waals surface area contributed by atoms with E-state index >= 15 is 4.39 Å². The average Bonchev–Trinajstić information content (AvgIpc) is 3.05. The molecule has 0 N–H and O–H groups in total. The molecule has 1 fully saturated rings. The lowest BCUT2D eigenvalue weighted by atomic mass is 9.86. The zero-order valence-corrected chi connectivity index (χ0v) is 24.3. The van der Waals surface area contributed by atoms with Crippen LogP contribution in [0, 0.1) is 11.7 Å². The predicted octanol–water partition coefficient (Wildman–Crippen LogP) is 6.78. The number of benzene rings is 3. The molecular formula is C35H38FNO5. The molecule has 0 radical (unpaired) electrons. The lowest BCUT2D eigenvalue weighted by Gasteiger charge is -2.36. The minimum absolute atomic E-state index is 0.218. The van der Waals surface area contributed by atoms with E-state index in [4.69, 9.17) is 23.7 Å². The zero-order valence-electron chi connectivity index (χ0n) is 24.3. The number of hydrogen-bond donors (Lipinski definition) is 0. The van der Waals surface area contributed by atoms with Crippen molar-refractivity contribution in [1.82, 2.24) is 0 Å². The van der Waals surface area contributed by atoms with Crippen LogP contribution in [0.5, 0.6) is 11.5 Å². The third-order valence-electron chi connectivity index (χ3n) is 8.46. The monoisotopic (exact) mass is 571 g/mol. The Kier molecular flexibility index (Phi) is 8.89. The first kappa shape index (κ1) is 28.5. The van der Waals surface area contributed by atoms with Crippen molar-refractivity contribution in [2.24, 2.45) is 5.92 Å². The lowest BCUT2D eigenvalue weighted by molar-refractivity contribution is -0.141. The molecule has 1 saturated heterocycles. The molecule has 0 spiro atoms. The van der Waals surface area contributed by atoms with Gasteiger partial charge in [-0.15, -0.1) is 0 Å². The highest BCUT2D eigenvalue weighted by molar-refractivity contribution is 5.89. The Balaban J connectivity index is 1.28. The van der Waals surface area contributed by atoms with Crippen LogP contribution in [0.4, 0.5) is 10.1 Å². The van der Waals surface area contributed by atoms with Gasteiger partial charge in [-0.3, -0.25) is 0 Å². The Hall–Kier alpha value is -3.65. The van der Waals surface area contributed by atoms with Gasteiger partial charge in [-0.25, -0.2) is 4.39 Å². The molecule has 6 nitrogen and oxygen atoms in total. The SMILES string of the molecule is COC(OC)C1CCN(c2ccc(C3=C(C4=CCOCC4)COc4cc(OCc5ccccc5)ccc43)cc2F)CC1. The number of anilines is 1. The summed E-state index contributed by atoms with van der Waals surface area (Å²) in [6.07, 6.45) is 4.47. The molecule has 0 bridgehead atoms. The highest BCUT2D eigenvalue weighted by Gasteiger charge is 2.29. The topological polar surface area (TPSA) is 49.4 Å². The molecule has 0 aromatic heterocycles. The number of halogens is 1. The summed E-state index contributed by atoms with van der Waals surface area (Å²) in [5.74, 6) is 1.56. The minimum Gasteiger partial charge on any atom is -0.489 e. The summed E-state index contributed by atoms with van der Waals surface area (Å²) in [7, 11) is 3.34. The summed E-state index contributed by atoms with van der Waals surface area (Å²) >= 11 is 0. The summed E-state index contributed by atoms with van der Waals surface area (Å²) < 4.78 is 44.7. The minimum atomic E-state index is -0.220. The molecule has 0 aliphatic carbocycles. The number of hydrogen-bond acceptors (Lipinski definition) is 6. The number of methoxy groups -OCH3 is 2. The molecule has 0 atom stereocenters. The quantitative estimate of drug-likeness (QED) is 0.264. The van der Waals surface area contributed by atoms with Gasteiger partial charge in [0, 0.05) is 50.4 Å². The molecular weight excluding hydrogens is 533 g/mol. The van der Waals surface area contributed by atoms with Gasteiger partial charge in [0.2, 0.25) is 0 Å². The maximum Gasteiger partial charge on any atom is 0.159 e. The predicted molar refractivity (Wildman–Crippen MR) is 161 cm³/mol. The van der Waals surface area contributed by atoms with E-state index in [1.165, 1.54) is 5.57 Å². The molecule has 0 amide bonds. The number of fused-ring (bicyclic) bond motifs is 1. The summed E-state index contributed by atoms with van der Waals surface area (Å²) in [5, 5.41) is 0. The van der Waals surface area contributed by atoms with Crippen molar-refractivity contribution in [3.8, 4) is 11.5 Å². The summed E-state index contributed by atoms with van der Waals surface area (Å²) in [4.78, 5) is 2.13. The van der Waals surface area contributed by atoms with Crippen LogP contribution in [0.1, 0.15) is 36.0 Å². The molecule has 6 rings (SSSR count). The molecule has 3 aliphatic rings. The van der Waals surface area contributed by atoms with Crippen LogP contribution in [-0.2, 0) is 20.8 Å². The Morgan fingerprint density at radius 3 is 2.50 bits per heavy atom. The largest absolute Gasteiger partial charge is 0.489 e. The Labute approximate surface area is 247 Å². The Morgan fingerprint density at radius 1 is 0.976 bits per heavy atom. The van der Waals surface area contributed by atoms with Crippen molar-refractivity contribution in [3.63, 3.8) is 0 Å². The normalized spacial score (nSPS) is 17.6. The van der Waals surface area contributed by atoms with E-state index < -0.39 is 0 Å². The van der Waals surface area contributed by atoms with Crippen LogP contribution in [0.25, 0.3) is 5.57 Å². The second-order valence-electron chi connectivity index (χ2n) is 11.0. The van der Waals surface area contributed by atoms with E-state index in [9.17, 15) is 0 Å². The maximum absolute atomic E-state index is 15.8. The Bertz CT molecular complexity index is 1440. The van der Waals surface area contributed by atoms with Gasteiger partial charge < -0.3 is 28.6 Å². The smallest absolute Gasteiger partial charge is 0.159 e. The molecule has 0 saturated carbocycles. The molecule has 3 aromatic rings. The van der Waals surface area contributed by atoms with E-state index in [-0.39, 0.29) is 12.1 Å². The zero-order chi connectivity index (χ0) is 28.9. The average molecular weight is 572 g/mol. The third-order valence-corrected chi connectivity index (χ3v) is 8.46. The standard InChI is InChI=1S/C35H38FNO5/c1-38-35(39-2)26-12-16-37(17-13-26)32-11-8-27(20-31(32)36)34-29-10-9-28(41-22-24-6-4-3-5-7-24)21-33(29)42-23-30(34)25-14-18-40-19-15-25/h3-11,14,20-21,26,35H,12-13,15-19,22-23H2,1-2H3. The van der Waals surface area contributed by atoms with E-state index in [0.717, 1.165) is 71.7 Å². The van der Waals surface area contributed by atoms with Gasteiger partial charge in [-0.2, -0.15) is 0 Å². The molecule has 3 aromatic carbocycles. The van der Waals surface area contributed by atoms with Crippen LogP contribution < -0.4 is 14.4 Å². The third kappa shape index (κ3) is 6.09. The summed E-state index contributed by atoms with van der Waals surface area (Å²) in [5.41, 5.74) is 6.80. The van der Waals surface area contributed by atoms with Crippen LogP contribution in [0.3, 0.4) is 0 Å². The highest BCUT2D eigenvalue weighted by Crippen LogP contribution is 2.43. The first-order chi connectivity index (χ1) is 20.6. The van der Waals surface area contributed by atoms with Crippen molar-refractivity contribution >= 4 is 11.3 Å². The van der Waals surface area contributed by atoms with Crippen molar-refractivity contribution in [2.75, 3.05) is 52.0 Å². The van der Waals surface area contributed by atoms with Gasteiger partial charge in [0.15, 0.2) is 6.29 Å². The van der Waals surface area contributed by atoms with Gasteiger partial charge in [0.25, 0.3) is 0 Å². The van der Waals surface area contributed by atoms with Gasteiger partial charge in [-0.1, -0.05) is 42.5 Å². The lowest BCUT2D eigenvalue weighted by Crippen LogP contribution is -2.39. The molecule has 7 heteroatoms. The maximum atomic E-state index is 15.8. The Morgan fingerprint density at radius 2 is 1.79 bits per heavy atom. The second-order valence-corrected chi connectivity index (χ2v) is 11.0. The fourth-order valence-corrected chi connectivity index (χ4v) is 6.24. The van der Waals surface area contributed by atoms with E-state index in [0.29, 0.717) is 38.0 Å². The second kappa shape index (κ2) is 13.1. The summed E-state index contributed by atoms with van der Waals surface area (Å²) in [6.45, 7) is 3.63. The van der Waals surface area contributed by atoms with Crippen molar-refractivity contribution in [1.29, 1.82) is 0 Å².